The minimum absolute atomic E-state index is 0.0794. The average Bonchev–Trinajstić information content (AvgIpc) is 2.37. The lowest BCUT2D eigenvalue weighted by atomic mass is 10.2. The Bertz CT molecular complexity index is 428. The summed E-state index contributed by atoms with van der Waals surface area (Å²) in [5, 5.41) is 11.1. The van der Waals surface area contributed by atoms with Crippen molar-refractivity contribution in [3.63, 3.8) is 0 Å². The molecule has 0 radical (unpaired) electrons. The lowest BCUT2D eigenvalue weighted by Crippen LogP contribution is -2.26. The first-order chi connectivity index (χ1) is 8.63. The predicted molar refractivity (Wildman–Crippen MR) is 70.5 cm³/mol. The Labute approximate surface area is 110 Å². The number of nitrogens with one attached hydrogen (secondary N) is 1. The standard InChI is InChI=1S/C13H15FN2OS/c1-10(11-3-5-12(14)6-4-11)18-9-13(17)16-8-2-7-15/h3-6,10H,2,8-9H2,1H3,(H,16,17)/t10-/m0/s1. The molecule has 1 rings (SSSR count). The highest BCUT2D eigenvalue weighted by molar-refractivity contribution is 8.00. The smallest absolute Gasteiger partial charge is 0.230 e. The summed E-state index contributed by atoms with van der Waals surface area (Å²) in [6.07, 6.45) is 0.323. The van der Waals surface area contributed by atoms with E-state index in [9.17, 15) is 9.18 Å². The molecule has 0 spiro atoms. The Morgan fingerprint density at radius 2 is 2.17 bits per heavy atom. The third-order valence-corrected chi connectivity index (χ3v) is 3.56. The van der Waals surface area contributed by atoms with E-state index in [1.807, 2.05) is 13.0 Å². The zero-order valence-corrected chi connectivity index (χ0v) is 11.0. The van der Waals surface area contributed by atoms with Gasteiger partial charge in [-0.15, -0.1) is 11.8 Å². The van der Waals surface area contributed by atoms with E-state index >= 15 is 0 Å². The Kier molecular flexibility index (Phi) is 6.23. The van der Waals surface area contributed by atoms with Gasteiger partial charge in [-0.25, -0.2) is 4.39 Å². The van der Waals surface area contributed by atoms with Crippen LogP contribution in [0.15, 0.2) is 24.3 Å². The summed E-state index contributed by atoms with van der Waals surface area (Å²) in [7, 11) is 0. The Morgan fingerprint density at radius 3 is 2.78 bits per heavy atom. The maximum atomic E-state index is 12.7. The summed E-state index contributed by atoms with van der Waals surface area (Å²) in [6, 6.07) is 8.24. The van der Waals surface area contributed by atoms with Crippen molar-refractivity contribution < 1.29 is 9.18 Å². The summed E-state index contributed by atoms with van der Waals surface area (Å²) < 4.78 is 12.7. The lowest BCUT2D eigenvalue weighted by Gasteiger charge is -2.11. The molecule has 0 aliphatic heterocycles. The molecule has 0 bridgehead atoms. The first kappa shape index (κ1) is 14.5. The fraction of sp³-hybridized carbons (Fsp3) is 0.385. The summed E-state index contributed by atoms with van der Waals surface area (Å²) in [4.78, 5) is 11.4. The first-order valence-electron chi connectivity index (χ1n) is 5.64. The van der Waals surface area contributed by atoms with Gasteiger partial charge in [0.15, 0.2) is 0 Å². The molecule has 5 heteroatoms. The van der Waals surface area contributed by atoms with Gasteiger partial charge in [0, 0.05) is 11.8 Å². The largest absolute Gasteiger partial charge is 0.354 e. The van der Waals surface area contributed by atoms with E-state index in [4.69, 9.17) is 5.26 Å². The molecule has 1 amide bonds. The summed E-state index contributed by atoms with van der Waals surface area (Å²) in [5.74, 6) is -0.00124. The van der Waals surface area contributed by atoms with Crippen molar-refractivity contribution in [2.75, 3.05) is 12.3 Å². The van der Waals surface area contributed by atoms with Crippen LogP contribution in [0, 0.1) is 17.1 Å². The van der Waals surface area contributed by atoms with Gasteiger partial charge in [-0.05, 0) is 24.6 Å². The van der Waals surface area contributed by atoms with Crippen molar-refractivity contribution in [1.82, 2.24) is 5.32 Å². The number of carbonyl (C=O) groups excluding carboxylic acids is 1. The molecule has 1 aromatic carbocycles. The number of nitrogens with zero attached hydrogens (tertiary/aromatic N) is 1. The van der Waals surface area contributed by atoms with Gasteiger partial charge in [-0.2, -0.15) is 5.26 Å². The van der Waals surface area contributed by atoms with Gasteiger partial charge in [0.1, 0.15) is 5.82 Å². The van der Waals surface area contributed by atoms with Crippen LogP contribution in [0.25, 0.3) is 0 Å². The molecule has 0 aromatic heterocycles. The van der Waals surface area contributed by atoms with E-state index in [2.05, 4.69) is 5.32 Å². The summed E-state index contributed by atoms with van der Waals surface area (Å²) >= 11 is 1.48. The van der Waals surface area contributed by atoms with Crippen LogP contribution in [0.2, 0.25) is 0 Å². The molecule has 0 aliphatic carbocycles. The predicted octanol–water partition coefficient (Wildman–Crippen LogP) is 2.65. The molecule has 0 heterocycles. The molecule has 96 valence electrons. The minimum Gasteiger partial charge on any atom is -0.354 e. The van der Waals surface area contributed by atoms with Crippen LogP contribution in [-0.2, 0) is 4.79 Å². The van der Waals surface area contributed by atoms with Gasteiger partial charge < -0.3 is 5.32 Å². The zero-order valence-electron chi connectivity index (χ0n) is 10.1. The second-order valence-electron chi connectivity index (χ2n) is 3.76. The maximum absolute atomic E-state index is 12.7. The van der Waals surface area contributed by atoms with Crippen LogP contribution in [0.5, 0.6) is 0 Å². The molecule has 0 aliphatic rings. The number of benzene rings is 1. The number of hydrogen-bond acceptors (Lipinski definition) is 3. The fourth-order valence-electron chi connectivity index (χ4n) is 1.34. The van der Waals surface area contributed by atoms with Crippen LogP contribution in [-0.4, -0.2) is 18.2 Å². The third-order valence-electron chi connectivity index (χ3n) is 2.36. The summed E-state index contributed by atoms with van der Waals surface area (Å²) in [5.41, 5.74) is 0.992. The number of hydrogen-bond donors (Lipinski definition) is 1. The zero-order chi connectivity index (χ0) is 13.4. The van der Waals surface area contributed by atoms with Gasteiger partial charge in [0.25, 0.3) is 0 Å². The second-order valence-corrected chi connectivity index (χ2v) is 5.09. The molecule has 1 N–H and O–H groups in total. The number of halogens is 1. The summed E-state index contributed by atoms with van der Waals surface area (Å²) in [6.45, 7) is 2.36. The molecule has 0 unspecified atom stereocenters. The number of thioether (sulfide) groups is 1. The molecule has 0 saturated heterocycles. The van der Waals surface area contributed by atoms with Gasteiger partial charge in [0.05, 0.1) is 18.2 Å². The van der Waals surface area contributed by atoms with E-state index in [-0.39, 0.29) is 17.0 Å². The second kappa shape index (κ2) is 7.72. The lowest BCUT2D eigenvalue weighted by molar-refractivity contribution is -0.118. The number of carbonyl (C=O) groups is 1. The van der Waals surface area contributed by atoms with Crippen molar-refractivity contribution in [2.45, 2.75) is 18.6 Å². The van der Waals surface area contributed by atoms with Crippen molar-refractivity contribution in [3.05, 3.63) is 35.6 Å². The van der Waals surface area contributed by atoms with E-state index in [1.54, 1.807) is 12.1 Å². The number of rotatable bonds is 6. The minimum atomic E-state index is -0.259. The van der Waals surface area contributed by atoms with Crippen LogP contribution < -0.4 is 5.32 Å². The molecule has 18 heavy (non-hydrogen) atoms. The normalized spacial score (nSPS) is 11.6. The molecule has 0 saturated carbocycles. The monoisotopic (exact) mass is 266 g/mol. The average molecular weight is 266 g/mol. The van der Waals surface area contributed by atoms with E-state index in [0.29, 0.717) is 18.7 Å². The van der Waals surface area contributed by atoms with Gasteiger partial charge >= 0.3 is 0 Å². The van der Waals surface area contributed by atoms with E-state index in [1.165, 1.54) is 23.9 Å². The molecule has 1 atom stereocenters. The van der Waals surface area contributed by atoms with Gasteiger partial charge in [-0.3, -0.25) is 4.79 Å². The molecular weight excluding hydrogens is 251 g/mol. The molecule has 1 aromatic rings. The van der Waals surface area contributed by atoms with E-state index in [0.717, 1.165) is 5.56 Å². The third kappa shape index (κ3) is 5.19. The maximum Gasteiger partial charge on any atom is 0.230 e. The van der Waals surface area contributed by atoms with Crippen LogP contribution >= 0.6 is 11.8 Å². The first-order valence-corrected chi connectivity index (χ1v) is 6.69. The topological polar surface area (TPSA) is 52.9 Å². The highest BCUT2D eigenvalue weighted by atomic mass is 32.2. The van der Waals surface area contributed by atoms with Crippen LogP contribution in [0.4, 0.5) is 4.39 Å². The molecular formula is C13H15FN2OS. The highest BCUT2D eigenvalue weighted by Crippen LogP contribution is 2.27. The molecule has 3 nitrogen and oxygen atoms in total. The van der Waals surface area contributed by atoms with Gasteiger partial charge in [0.2, 0.25) is 5.91 Å². The van der Waals surface area contributed by atoms with Crippen LogP contribution in [0.1, 0.15) is 24.2 Å². The number of nitriles is 1. The van der Waals surface area contributed by atoms with Crippen LogP contribution in [0.3, 0.4) is 0 Å². The molecule has 0 fully saturated rings. The SMILES string of the molecule is C[C@H](SCC(=O)NCCC#N)c1ccc(F)cc1. The van der Waals surface area contributed by atoms with Gasteiger partial charge in [-0.1, -0.05) is 12.1 Å². The van der Waals surface area contributed by atoms with Crippen molar-refractivity contribution in [3.8, 4) is 6.07 Å². The van der Waals surface area contributed by atoms with E-state index < -0.39 is 0 Å². The fourth-order valence-corrected chi connectivity index (χ4v) is 2.19. The van der Waals surface area contributed by atoms with Crippen molar-refractivity contribution in [2.24, 2.45) is 0 Å². The number of amides is 1. The quantitative estimate of drug-likeness (QED) is 0.805. The Balaban J connectivity index is 2.32. The Hall–Kier alpha value is -1.54. The van der Waals surface area contributed by atoms with Crippen molar-refractivity contribution in [1.29, 1.82) is 5.26 Å². The highest BCUT2D eigenvalue weighted by Gasteiger charge is 2.09. The van der Waals surface area contributed by atoms with Crippen molar-refractivity contribution >= 4 is 17.7 Å². The Morgan fingerprint density at radius 1 is 1.50 bits per heavy atom.